The van der Waals surface area contributed by atoms with Gasteiger partial charge < -0.3 is 0 Å². The van der Waals surface area contributed by atoms with Gasteiger partial charge in [0.05, 0.1) is 0 Å². The van der Waals surface area contributed by atoms with Crippen molar-refractivity contribution in [2.45, 2.75) is 30.8 Å². The second kappa shape index (κ2) is 3.71. The van der Waals surface area contributed by atoms with Crippen LogP contribution in [-0.4, -0.2) is 51.9 Å². The molecule has 0 spiro atoms. The van der Waals surface area contributed by atoms with Crippen molar-refractivity contribution in [3.63, 3.8) is 0 Å². The molecule has 4 unspecified atom stereocenters. The van der Waals surface area contributed by atoms with E-state index in [2.05, 4.69) is 23.5 Å². The van der Waals surface area contributed by atoms with Crippen LogP contribution in [0, 0.1) is 0 Å². The maximum absolute atomic E-state index is 2.24. The van der Waals surface area contributed by atoms with E-state index in [1.165, 1.54) is 21.1 Å². The normalized spacial score (nSPS) is 52.0. The molecular formula is C8H12S2Se2. The molecule has 4 heteroatoms. The molecule has 68 valence electrons. The molecule has 0 nitrogen and oxygen atoms in total. The van der Waals surface area contributed by atoms with E-state index >= 15 is 0 Å². The molecule has 0 N–H and O–H groups in total. The van der Waals surface area contributed by atoms with Crippen LogP contribution in [0.2, 0.25) is 20.3 Å². The fourth-order valence-corrected chi connectivity index (χ4v) is 14.1. The summed E-state index contributed by atoms with van der Waals surface area (Å²) in [4.78, 5) is 2.44. The minimum atomic E-state index is 1.03. The number of hydrogen-bond donors (Lipinski definition) is 0. The predicted molar refractivity (Wildman–Crippen MR) is 61.1 cm³/mol. The fraction of sp³-hybridized carbons (Fsp3) is 1.00. The Labute approximate surface area is 95.1 Å². The molecule has 3 rings (SSSR count). The topological polar surface area (TPSA) is 0 Å². The Morgan fingerprint density at radius 3 is 1.58 bits per heavy atom. The van der Waals surface area contributed by atoms with Gasteiger partial charge in [0.1, 0.15) is 0 Å². The van der Waals surface area contributed by atoms with Gasteiger partial charge in [-0.25, -0.2) is 0 Å². The van der Waals surface area contributed by atoms with Gasteiger partial charge in [-0.15, -0.1) is 0 Å². The molecule has 4 atom stereocenters. The van der Waals surface area contributed by atoms with Crippen molar-refractivity contribution in [2.24, 2.45) is 0 Å². The summed E-state index contributed by atoms with van der Waals surface area (Å²) >= 11 is 6.54. The second-order valence-electron chi connectivity index (χ2n) is 3.41. The zero-order chi connectivity index (χ0) is 7.97. The van der Waals surface area contributed by atoms with Crippen LogP contribution in [0.5, 0.6) is 0 Å². The summed E-state index contributed by atoms with van der Waals surface area (Å²) in [6.07, 6.45) is 0. The molecule has 0 saturated carbocycles. The van der Waals surface area contributed by atoms with Gasteiger partial charge in [0.15, 0.2) is 0 Å². The van der Waals surface area contributed by atoms with E-state index in [0.29, 0.717) is 0 Å². The van der Waals surface area contributed by atoms with Crippen molar-refractivity contribution in [1.29, 1.82) is 0 Å². The van der Waals surface area contributed by atoms with Gasteiger partial charge in [-0.1, -0.05) is 0 Å². The van der Waals surface area contributed by atoms with E-state index in [9.17, 15) is 0 Å². The van der Waals surface area contributed by atoms with Crippen LogP contribution in [0.1, 0.15) is 0 Å². The zero-order valence-corrected chi connectivity index (χ0v) is 11.8. The fourth-order valence-electron chi connectivity index (χ4n) is 1.69. The van der Waals surface area contributed by atoms with Crippen LogP contribution in [0.25, 0.3) is 0 Å². The van der Waals surface area contributed by atoms with Gasteiger partial charge in [0, 0.05) is 0 Å². The van der Waals surface area contributed by atoms with E-state index in [0.717, 1.165) is 40.4 Å². The van der Waals surface area contributed by atoms with Gasteiger partial charge in [-0.3, -0.25) is 0 Å². The minimum absolute atomic E-state index is 1.03. The molecule has 12 heavy (non-hydrogen) atoms. The van der Waals surface area contributed by atoms with Crippen LogP contribution in [0.15, 0.2) is 0 Å². The molecule has 3 aliphatic rings. The van der Waals surface area contributed by atoms with Crippen LogP contribution in [0.3, 0.4) is 0 Å². The zero-order valence-electron chi connectivity index (χ0n) is 6.77. The first-order chi connectivity index (χ1) is 5.95. The average Bonchev–Trinajstić information content (AvgIpc) is 2.99. The first-order valence-electron chi connectivity index (χ1n) is 4.41. The average molecular weight is 330 g/mol. The van der Waals surface area contributed by atoms with Crippen molar-refractivity contribution >= 4 is 53.4 Å². The summed E-state index contributed by atoms with van der Waals surface area (Å²) in [6.45, 7) is 0. The Morgan fingerprint density at radius 1 is 0.833 bits per heavy atom. The van der Waals surface area contributed by atoms with E-state index in [1.807, 2.05) is 0 Å². The van der Waals surface area contributed by atoms with E-state index in [-0.39, 0.29) is 0 Å². The summed E-state index contributed by atoms with van der Waals surface area (Å²) < 4.78 is 0. The van der Waals surface area contributed by atoms with Crippen LogP contribution >= 0.6 is 23.5 Å². The summed E-state index contributed by atoms with van der Waals surface area (Å²) in [5.74, 6) is 3.02. The van der Waals surface area contributed by atoms with Crippen molar-refractivity contribution in [3.8, 4) is 0 Å². The summed E-state index contributed by atoms with van der Waals surface area (Å²) in [5.41, 5.74) is 0. The molecule has 0 aromatic heterocycles. The van der Waals surface area contributed by atoms with Gasteiger partial charge >= 0.3 is 95.7 Å². The Morgan fingerprint density at radius 2 is 1.25 bits per heavy atom. The van der Waals surface area contributed by atoms with Crippen molar-refractivity contribution in [2.75, 3.05) is 11.5 Å². The quantitative estimate of drug-likeness (QED) is 0.562. The molecule has 0 amide bonds. The Kier molecular flexibility index (Phi) is 2.79. The standard InChI is InChI=1S/C8H12S2Se2/c1-2-12-8(6-4-10-6)7(11-1)5-3-9-5/h5-8H,1-4H2. The van der Waals surface area contributed by atoms with Gasteiger partial charge in [0.2, 0.25) is 0 Å². The molecule has 3 saturated heterocycles. The number of hydrogen-bond acceptors (Lipinski definition) is 2. The van der Waals surface area contributed by atoms with Crippen molar-refractivity contribution < 1.29 is 0 Å². The first kappa shape index (κ1) is 9.00. The maximum atomic E-state index is 2.24. The van der Waals surface area contributed by atoms with Crippen LogP contribution in [0.4, 0.5) is 0 Å². The Balaban J connectivity index is 1.68. The molecular weight excluding hydrogens is 318 g/mol. The van der Waals surface area contributed by atoms with Crippen molar-refractivity contribution in [3.05, 3.63) is 0 Å². The third-order valence-corrected chi connectivity index (χ3v) is 13.5. The van der Waals surface area contributed by atoms with E-state index in [1.54, 1.807) is 10.6 Å². The summed E-state index contributed by atoms with van der Waals surface area (Å²) in [5, 5.41) is 5.50. The number of rotatable bonds is 2. The molecule has 0 bridgehead atoms. The SMILES string of the molecule is C1C[Se]C(C2CS2)C(C2CS2)[Se]1. The molecule has 3 aliphatic heterocycles. The van der Waals surface area contributed by atoms with Crippen LogP contribution < -0.4 is 0 Å². The molecule has 0 radical (unpaired) electrons. The first-order valence-corrected chi connectivity index (χ1v) is 10.9. The summed E-state index contributed by atoms with van der Waals surface area (Å²) in [6, 6.07) is 0. The van der Waals surface area contributed by atoms with E-state index in [4.69, 9.17) is 0 Å². The van der Waals surface area contributed by atoms with Crippen molar-refractivity contribution in [1.82, 2.24) is 0 Å². The second-order valence-corrected chi connectivity index (χ2v) is 11.4. The van der Waals surface area contributed by atoms with Gasteiger partial charge in [-0.2, -0.15) is 0 Å². The number of thioether (sulfide) groups is 2. The molecule has 3 fully saturated rings. The Hall–Kier alpha value is 1.74. The van der Waals surface area contributed by atoms with Gasteiger partial charge in [-0.05, 0) is 0 Å². The predicted octanol–water partition coefficient (Wildman–Crippen LogP) is 2.05. The van der Waals surface area contributed by atoms with E-state index < -0.39 is 0 Å². The molecule has 3 heterocycles. The van der Waals surface area contributed by atoms with Crippen LogP contribution in [-0.2, 0) is 0 Å². The molecule has 0 aromatic carbocycles. The molecule has 0 aromatic rings. The third kappa shape index (κ3) is 1.89. The monoisotopic (exact) mass is 332 g/mol. The molecule has 0 aliphatic carbocycles. The Bertz CT molecular complexity index is 160. The summed E-state index contributed by atoms with van der Waals surface area (Å²) in [7, 11) is 0. The van der Waals surface area contributed by atoms with Gasteiger partial charge in [0.25, 0.3) is 0 Å². The third-order valence-electron chi connectivity index (χ3n) is 2.48.